The summed E-state index contributed by atoms with van der Waals surface area (Å²) >= 11 is 0. The fourth-order valence-electron chi connectivity index (χ4n) is 3.12. The Bertz CT molecular complexity index is 625. The van der Waals surface area contributed by atoms with Gasteiger partial charge in [-0.1, -0.05) is 0 Å². The minimum absolute atomic E-state index is 0.0660. The summed E-state index contributed by atoms with van der Waals surface area (Å²) in [5.41, 5.74) is -0.477. The van der Waals surface area contributed by atoms with Gasteiger partial charge in [0.25, 0.3) is 0 Å². The first-order chi connectivity index (χ1) is 11.8. The summed E-state index contributed by atoms with van der Waals surface area (Å²) < 4.78 is 22.7. The quantitative estimate of drug-likeness (QED) is 0.816. The number of rotatable bonds is 2. The maximum absolute atomic E-state index is 12.3. The van der Waals surface area contributed by atoms with E-state index in [0.717, 1.165) is 30.1 Å². The molecule has 0 spiro atoms. The highest BCUT2D eigenvalue weighted by Gasteiger charge is 2.32. The van der Waals surface area contributed by atoms with Gasteiger partial charge in [-0.3, -0.25) is 0 Å². The van der Waals surface area contributed by atoms with Crippen molar-refractivity contribution < 1.29 is 23.7 Å². The van der Waals surface area contributed by atoms with Gasteiger partial charge < -0.3 is 23.8 Å². The molecule has 2 aliphatic heterocycles. The van der Waals surface area contributed by atoms with E-state index in [2.05, 4.69) is 0 Å². The lowest BCUT2D eigenvalue weighted by Crippen LogP contribution is -2.49. The van der Waals surface area contributed by atoms with E-state index in [1.807, 2.05) is 45.9 Å². The van der Waals surface area contributed by atoms with Gasteiger partial charge in [0.1, 0.15) is 30.7 Å². The van der Waals surface area contributed by atoms with Gasteiger partial charge in [-0.2, -0.15) is 0 Å². The molecule has 1 amide bonds. The van der Waals surface area contributed by atoms with E-state index in [0.29, 0.717) is 19.8 Å². The number of ether oxygens (including phenoxy) is 4. The third kappa shape index (κ3) is 4.50. The first-order valence-electron chi connectivity index (χ1n) is 8.88. The number of carbonyl (C=O) groups excluding carboxylic acids is 1. The van der Waals surface area contributed by atoms with Gasteiger partial charge in [-0.25, -0.2) is 4.79 Å². The Hall–Kier alpha value is -2.11. The zero-order valence-corrected chi connectivity index (χ0v) is 15.4. The molecule has 6 heteroatoms. The molecule has 2 aliphatic rings. The highest BCUT2D eigenvalue weighted by molar-refractivity contribution is 5.68. The van der Waals surface area contributed by atoms with E-state index in [1.165, 1.54) is 0 Å². The summed E-state index contributed by atoms with van der Waals surface area (Å²) in [4.78, 5) is 14.1. The second-order valence-corrected chi connectivity index (χ2v) is 7.59. The van der Waals surface area contributed by atoms with Crippen LogP contribution in [0.1, 0.15) is 40.5 Å². The first kappa shape index (κ1) is 17.7. The number of carbonyl (C=O) groups is 1. The van der Waals surface area contributed by atoms with Crippen LogP contribution in [0.4, 0.5) is 4.79 Å². The van der Waals surface area contributed by atoms with Crippen LogP contribution in [0.3, 0.4) is 0 Å². The first-order valence-corrected chi connectivity index (χ1v) is 8.88. The van der Waals surface area contributed by atoms with E-state index in [4.69, 9.17) is 18.9 Å². The molecule has 1 aromatic rings. The normalized spacial score (nSPS) is 23.1. The van der Waals surface area contributed by atoms with Gasteiger partial charge in [0, 0.05) is 31.5 Å². The largest absolute Gasteiger partial charge is 0.490 e. The molecule has 1 aromatic carbocycles. The minimum atomic E-state index is -0.477. The van der Waals surface area contributed by atoms with Crippen LogP contribution in [-0.2, 0) is 4.74 Å². The number of hydrogen-bond acceptors (Lipinski definition) is 5. The molecule has 2 atom stereocenters. The van der Waals surface area contributed by atoms with E-state index < -0.39 is 5.60 Å². The summed E-state index contributed by atoms with van der Waals surface area (Å²) in [7, 11) is 0. The fourth-order valence-corrected chi connectivity index (χ4v) is 3.12. The zero-order valence-electron chi connectivity index (χ0n) is 15.4. The van der Waals surface area contributed by atoms with Crippen LogP contribution in [0.15, 0.2) is 18.2 Å². The lowest BCUT2D eigenvalue weighted by Gasteiger charge is -2.38. The summed E-state index contributed by atoms with van der Waals surface area (Å²) in [6.45, 7) is 9.44. The average molecular weight is 349 g/mol. The molecule has 2 heterocycles. The van der Waals surface area contributed by atoms with Crippen LogP contribution in [-0.4, -0.2) is 48.5 Å². The number of nitrogens with zero attached hydrogens (tertiary/aromatic N) is 1. The van der Waals surface area contributed by atoms with E-state index in [9.17, 15) is 4.79 Å². The fraction of sp³-hybridized carbons (Fsp3) is 0.632. The van der Waals surface area contributed by atoms with Crippen LogP contribution in [0.2, 0.25) is 0 Å². The molecular weight excluding hydrogens is 322 g/mol. The van der Waals surface area contributed by atoms with Crippen LogP contribution < -0.4 is 14.2 Å². The number of amides is 1. The maximum atomic E-state index is 12.3. The van der Waals surface area contributed by atoms with Crippen LogP contribution in [0.25, 0.3) is 0 Å². The highest BCUT2D eigenvalue weighted by Crippen LogP contribution is 2.34. The molecule has 0 bridgehead atoms. The van der Waals surface area contributed by atoms with Gasteiger partial charge in [0.2, 0.25) is 0 Å². The molecule has 0 N–H and O–H groups in total. The topological polar surface area (TPSA) is 57.2 Å². The number of hydrogen-bond donors (Lipinski definition) is 0. The molecular formula is C19H27NO5. The van der Waals surface area contributed by atoms with Gasteiger partial charge in [-0.05, 0) is 39.8 Å². The predicted molar refractivity (Wildman–Crippen MR) is 93.5 cm³/mol. The predicted octanol–water partition coefficient (Wildman–Crippen LogP) is 3.62. The van der Waals surface area contributed by atoms with Crippen molar-refractivity contribution in [2.24, 2.45) is 0 Å². The second kappa shape index (κ2) is 7.02. The Labute approximate surface area is 149 Å². The number of piperidine rings is 1. The van der Waals surface area contributed by atoms with E-state index in [-0.39, 0.29) is 18.2 Å². The van der Waals surface area contributed by atoms with Crippen molar-refractivity contribution in [3.05, 3.63) is 18.2 Å². The molecule has 1 fully saturated rings. The van der Waals surface area contributed by atoms with Gasteiger partial charge in [0.15, 0.2) is 11.5 Å². The molecule has 1 saturated heterocycles. The average Bonchev–Trinajstić information content (AvgIpc) is 2.53. The molecule has 6 nitrogen and oxygen atoms in total. The SMILES string of the molecule is C[C@@H]1C[C@@H](Oc2ccc3c(c2)OCCO3)CCN1C(=O)OC(C)(C)C. The van der Waals surface area contributed by atoms with E-state index in [1.54, 1.807) is 4.90 Å². The number of likely N-dealkylation sites (tertiary alicyclic amines) is 1. The van der Waals surface area contributed by atoms with Crippen molar-refractivity contribution in [1.82, 2.24) is 4.90 Å². The van der Waals surface area contributed by atoms with Gasteiger partial charge >= 0.3 is 6.09 Å². The molecule has 138 valence electrons. The van der Waals surface area contributed by atoms with E-state index >= 15 is 0 Å². The highest BCUT2D eigenvalue weighted by atomic mass is 16.6. The molecule has 0 aromatic heterocycles. The molecule has 0 radical (unpaired) electrons. The number of benzene rings is 1. The van der Waals surface area contributed by atoms with Crippen molar-refractivity contribution in [3.8, 4) is 17.2 Å². The molecule has 0 unspecified atom stereocenters. The summed E-state index contributed by atoms with van der Waals surface area (Å²) in [5.74, 6) is 2.25. The molecule has 3 rings (SSSR count). The molecule has 25 heavy (non-hydrogen) atoms. The Morgan fingerprint density at radius 3 is 2.60 bits per heavy atom. The lowest BCUT2D eigenvalue weighted by atomic mass is 10.0. The zero-order chi connectivity index (χ0) is 18.0. The van der Waals surface area contributed by atoms with Crippen molar-refractivity contribution in [2.45, 2.75) is 58.3 Å². The Morgan fingerprint density at radius 2 is 1.92 bits per heavy atom. The molecule has 0 saturated carbocycles. The Kier molecular flexibility index (Phi) is 4.97. The minimum Gasteiger partial charge on any atom is -0.490 e. The standard InChI is InChI=1S/C19H27NO5/c1-13-11-15(7-8-20(13)18(21)25-19(2,3)4)24-14-5-6-16-17(12-14)23-10-9-22-16/h5-6,12-13,15H,7-11H2,1-4H3/t13-,15+/m1/s1. The smallest absolute Gasteiger partial charge is 0.410 e. The Morgan fingerprint density at radius 1 is 1.20 bits per heavy atom. The van der Waals surface area contributed by atoms with Crippen molar-refractivity contribution in [3.63, 3.8) is 0 Å². The second-order valence-electron chi connectivity index (χ2n) is 7.59. The molecule has 0 aliphatic carbocycles. The Balaban J connectivity index is 1.57. The van der Waals surface area contributed by atoms with Crippen LogP contribution in [0.5, 0.6) is 17.2 Å². The van der Waals surface area contributed by atoms with Crippen LogP contribution in [0, 0.1) is 0 Å². The van der Waals surface area contributed by atoms with Gasteiger partial charge in [-0.15, -0.1) is 0 Å². The van der Waals surface area contributed by atoms with Crippen molar-refractivity contribution in [1.29, 1.82) is 0 Å². The third-order valence-corrected chi connectivity index (χ3v) is 4.27. The van der Waals surface area contributed by atoms with Crippen molar-refractivity contribution >= 4 is 6.09 Å². The van der Waals surface area contributed by atoms with Crippen LogP contribution >= 0.6 is 0 Å². The lowest BCUT2D eigenvalue weighted by molar-refractivity contribution is -0.00107. The third-order valence-electron chi connectivity index (χ3n) is 4.27. The summed E-state index contributed by atoms with van der Waals surface area (Å²) in [6.07, 6.45) is 1.36. The monoisotopic (exact) mass is 349 g/mol. The summed E-state index contributed by atoms with van der Waals surface area (Å²) in [6, 6.07) is 5.73. The van der Waals surface area contributed by atoms with Crippen molar-refractivity contribution in [2.75, 3.05) is 19.8 Å². The summed E-state index contributed by atoms with van der Waals surface area (Å²) in [5, 5.41) is 0. The maximum Gasteiger partial charge on any atom is 0.410 e. The number of fused-ring (bicyclic) bond motifs is 1. The van der Waals surface area contributed by atoms with Gasteiger partial charge in [0.05, 0.1) is 0 Å².